The molecule has 1 saturated heterocycles. The van der Waals surface area contributed by atoms with Gasteiger partial charge < -0.3 is 15.0 Å². The summed E-state index contributed by atoms with van der Waals surface area (Å²) in [6, 6.07) is 17.5. The number of rotatable bonds is 6. The molecule has 1 N–H and O–H groups in total. The minimum absolute atomic E-state index is 0.0883. The van der Waals surface area contributed by atoms with Crippen LogP contribution in [0.4, 0.5) is 11.5 Å². The predicted molar refractivity (Wildman–Crippen MR) is 123 cm³/mol. The number of anilines is 2. The Morgan fingerprint density at radius 1 is 1.17 bits per heavy atom. The van der Waals surface area contributed by atoms with E-state index in [1.54, 1.807) is 24.3 Å². The fourth-order valence-electron chi connectivity index (χ4n) is 3.99. The summed E-state index contributed by atoms with van der Waals surface area (Å²) in [5, 5.41) is 4.44. The number of amides is 1. The smallest absolute Gasteiger partial charge is 0.262 e. The molecule has 2 heterocycles. The van der Waals surface area contributed by atoms with E-state index in [4.69, 9.17) is 21.3 Å². The first-order chi connectivity index (χ1) is 14.6. The van der Waals surface area contributed by atoms with Crippen LogP contribution in [0.25, 0.3) is 10.9 Å². The van der Waals surface area contributed by atoms with Crippen molar-refractivity contribution < 1.29 is 9.53 Å². The van der Waals surface area contributed by atoms with Crippen molar-refractivity contribution in [3.05, 3.63) is 59.6 Å². The second-order valence-electron chi connectivity index (χ2n) is 7.59. The lowest BCUT2D eigenvalue weighted by molar-refractivity contribution is -0.118. The number of para-hydroxylation sites is 1. The SMILES string of the molecule is CCC1CCCCN1c1ccc2cccc(OCC(=O)Nc3ccc(Cl)cc3)c2n1. The van der Waals surface area contributed by atoms with Crippen LogP contribution < -0.4 is 15.0 Å². The van der Waals surface area contributed by atoms with Gasteiger partial charge in [0.25, 0.3) is 5.91 Å². The van der Waals surface area contributed by atoms with E-state index in [9.17, 15) is 4.79 Å². The number of nitrogens with zero attached hydrogens (tertiary/aromatic N) is 2. The Morgan fingerprint density at radius 2 is 2.00 bits per heavy atom. The van der Waals surface area contributed by atoms with Crippen LogP contribution in [-0.2, 0) is 4.79 Å². The quantitative estimate of drug-likeness (QED) is 0.554. The van der Waals surface area contributed by atoms with Gasteiger partial charge in [-0.15, -0.1) is 0 Å². The van der Waals surface area contributed by atoms with Crippen molar-refractivity contribution in [1.82, 2.24) is 4.98 Å². The Bertz CT molecular complexity index is 1020. The Kier molecular flexibility index (Phi) is 6.38. The molecule has 0 bridgehead atoms. The third-order valence-electron chi connectivity index (χ3n) is 5.55. The Labute approximate surface area is 182 Å². The lowest BCUT2D eigenvalue weighted by Crippen LogP contribution is -2.39. The number of carbonyl (C=O) groups is 1. The summed E-state index contributed by atoms with van der Waals surface area (Å²) < 4.78 is 5.85. The second-order valence-corrected chi connectivity index (χ2v) is 8.03. The van der Waals surface area contributed by atoms with E-state index < -0.39 is 0 Å². The van der Waals surface area contributed by atoms with Gasteiger partial charge in [0.05, 0.1) is 0 Å². The molecule has 0 saturated carbocycles. The van der Waals surface area contributed by atoms with Gasteiger partial charge in [-0.1, -0.05) is 30.7 Å². The van der Waals surface area contributed by atoms with Crippen LogP contribution in [0, 0.1) is 0 Å². The van der Waals surface area contributed by atoms with Gasteiger partial charge in [-0.25, -0.2) is 4.98 Å². The molecule has 5 nitrogen and oxygen atoms in total. The number of fused-ring (bicyclic) bond motifs is 1. The van der Waals surface area contributed by atoms with Crippen LogP contribution in [-0.4, -0.2) is 30.1 Å². The van der Waals surface area contributed by atoms with Gasteiger partial charge >= 0.3 is 0 Å². The molecule has 1 unspecified atom stereocenters. The molecule has 0 spiro atoms. The van der Waals surface area contributed by atoms with Gasteiger partial charge in [0.2, 0.25) is 0 Å². The highest BCUT2D eigenvalue weighted by atomic mass is 35.5. The first-order valence-corrected chi connectivity index (χ1v) is 10.9. The summed E-state index contributed by atoms with van der Waals surface area (Å²) in [4.78, 5) is 19.6. The predicted octanol–water partition coefficient (Wildman–Crippen LogP) is 5.67. The number of nitrogens with one attached hydrogen (secondary N) is 1. The number of pyridine rings is 1. The molecule has 1 aliphatic heterocycles. The summed E-state index contributed by atoms with van der Waals surface area (Å²) in [7, 11) is 0. The van der Waals surface area contributed by atoms with Crippen molar-refractivity contribution in [2.24, 2.45) is 0 Å². The number of hydrogen-bond acceptors (Lipinski definition) is 4. The summed E-state index contributed by atoms with van der Waals surface area (Å²) in [6.07, 6.45) is 4.79. The zero-order valence-corrected chi connectivity index (χ0v) is 17.9. The van der Waals surface area contributed by atoms with E-state index in [1.165, 1.54) is 19.3 Å². The Hall–Kier alpha value is -2.79. The number of benzene rings is 2. The molecular weight excluding hydrogens is 398 g/mol. The third-order valence-corrected chi connectivity index (χ3v) is 5.80. The van der Waals surface area contributed by atoms with Crippen molar-refractivity contribution in [3.8, 4) is 5.75 Å². The van der Waals surface area contributed by atoms with E-state index in [-0.39, 0.29) is 12.5 Å². The summed E-state index contributed by atoms with van der Waals surface area (Å²) in [6.45, 7) is 3.18. The molecule has 4 rings (SSSR count). The monoisotopic (exact) mass is 423 g/mol. The van der Waals surface area contributed by atoms with Gasteiger partial charge in [-0.05, 0) is 68.1 Å². The largest absolute Gasteiger partial charge is 0.481 e. The van der Waals surface area contributed by atoms with Crippen LogP contribution in [0.5, 0.6) is 5.75 Å². The van der Waals surface area contributed by atoms with Gasteiger partial charge in [0.15, 0.2) is 6.61 Å². The van der Waals surface area contributed by atoms with Gasteiger partial charge in [-0.3, -0.25) is 4.79 Å². The Morgan fingerprint density at radius 3 is 2.80 bits per heavy atom. The van der Waals surface area contributed by atoms with E-state index in [2.05, 4.69) is 29.3 Å². The molecule has 2 aromatic carbocycles. The van der Waals surface area contributed by atoms with Gasteiger partial charge in [0.1, 0.15) is 17.1 Å². The van der Waals surface area contributed by atoms with Crippen molar-refractivity contribution >= 4 is 39.9 Å². The van der Waals surface area contributed by atoms with E-state index in [1.807, 2.05) is 18.2 Å². The van der Waals surface area contributed by atoms with E-state index in [0.29, 0.717) is 22.5 Å². The number of aromatic nitrogens is 1. The van der Waals surface area contributed by atoms with Crippen molar-refractivity contribution in [1.29, 1.82) is 0 Å². The average Bonchev–Trinajstić information content (AvgIpc) is 2.79. The summed E-state index contributed by atoms with van der Waals surface area (Å²) in [5.41, 5.74) is 1.47. The molecule has 0 aliphatic carbocycles. The highest BCUT2D eigenvalue weighted by Gasteiger charge is 2.22. The Balaban J connectivity index is 1.50. The molecule has 30 heavy (non-hydrogen) atoms. The molecule has 6 heteroatoms. The topological polar surface area (TPSA) is 54.5 Å². The summed E-state index contributed by atoms with van der Waals surface area (Å²) in [5.74, 6) is 1.37. The fraction of sp³-hybridized carbons (Fsp3) is 0.333. The first kappa shape index (κ1) is 20.5. The second kappa shape index (κ2) is 9.35. The number of piperidine rings is 1. The van der Waals surface area contributed by atoms with Gasteiger partial charge in [-0.2, -0.15) is 0 Å². The van der Waals surface area contributed by atoms with Crippen molar-refractivity contribution in [2.75, 3.05) is 23.4 Å². The molecule has 0 radical (unpaired) electrons. The van der Waals surface area contributed by atoms with Crippen LogP contribution in [0.15, 0.2) is 54.6 Å². The standard InChI is InChI=1S/C24H26ClN3O2/c1-2-20-7-3-4-15-28(20)22-14-9-17-6-5-8-21(24(17)27-22)30-16-23(29)26-19-12-10-18(25)11-13-19/h5-6,8-14,20H,2-4,7,15-16H2,1H3,(H,26,29). The lowest BCUT2D eigenvalue weighted by Gasteiger charge is -2.36. The molecule has 1 fully saturated rings. The van der Waals surface area contributed by atoms with Gasteiger partial charge in [0, 0.05) is 28.7 Å². The lowest BCUT2D eigenvalue weighted by atomic mass is 10.00. The number of carbonyl (C=O) groups excluding carboxylic acids is 1. The molecule has 1 atom stereocenters. The molecule has 1 aliphatic rings. The van der Waals surface area contributed by atoms with E-state index >= 15 is 0 Å². The maximum atomic E-state index is 12.3. The minimum atomic E-state index is -0.229. The highest BCUT2D eigenvalue weighted by molar-refractivity contribution is 6.30. The molecular formula is C24H26ClN3O2. The first-order valence-electron chi connectivity index (χ1n) is 10.5. The van der Waals surface area contributed by atoms with Crippen molar-refractivity contribution in [3.63, 3.8) is 0 Å². The highest BCUT2D eigenvalue weighted by Crippen LogP contribution is 2.30. The molecule has 156 valence electrons. The maximum absolute atomic E-state index is 12.3. The zero-order valence-electron chi connectivity index (χ0n) is 17.1. The summed E-state index contributed by atoms with van der Waals surface area (Å²) >= 11 is 5.88. The number of halogens is 1. The number of ether oxygens (including phenoxy) is 1. The molecule has 3 aromatic rings. The molecule has 1 aromatic heterocycles. The third kappa shape index (κ3) is 4.68. The average molecular weight is 424 g/mol. The fourth-order valence-corrected chi connectivity index (χ4v) is 4.11. The van der Waals surface area contributed by atoms with Crippen LogP contribution in [0.2, 0.25) is 5.02 Å². The van der Waals surface area contributed by atoms with Crippen LogP contribution in [0.3, 0.4) is 0 Å². The van der Waals surface area contributed by atoms with Crippen LogP contribution >= 0.6 is 11.6 Å². The van der Waals surface area contributed by atoms with Crippen LogP contribution in [0.1, 0.15) is 32.6 Å². The van der Waals surface area contributed by atoms with E-state index in [0.717, 1.165) is 29.7 Å². The molecule has 1 amide bonds. The normalized spacial score (nSPS) is 16.5. The van der Waals surface area contributed by atoms with Crippen molar-refractivity contribution in [2.45, 2.75) is 38.6 Å². The maximum Gasteiger partial charge on any atom is 0.262 e. The minimum Gasteiger partial charge on any atom is -0.481 e. The number of hydrogen-bond donors (Lipinski definition) is 1. The zero-order chi connectivity index (χ0) is 20.9.